The fourth-order valence-electron chi connectivity index (χ4n) is 4.48. The van der Waals surface area contributed by atoms with E-state index >= 15 is 0 Å². The molecule has 0 bridgehead atoms. The zero-order chi connectivity index (χ0) is 27.6. The standard InChI is InChI=1S/C33H36N4O3/c1-3-4-5-6-7-8-9-10-23-38-29-21-19-28(20-22-29)33-37-36-32(40-33)27-17-15-26(16-18-27)31-35-34-30(39-31)25-13-11-24(2)12-14-25/h11-22H,3-10,23H2,1-2H3. The van der Waals surface area contributed by atoms with Crippen LogP contribution < -0.4 is 4.74 Å². The SMILES string of the molecule is CCCCCCCCCCOc1ccc(-c2nnc(-c3ccc(-c4nnc(-c5ccc(C)cc5)o4)cc3)o2)cc1. The summed E-state index contributed by atoms with van der Waals surface area (Å²) in [6.07, 6.45) is 10.3. The van der Waals surface area contributed by atoms with Crippen molar-refractivity contribution in [3.05, 3.63) is 78.4 Å². The lowest BCUT2D eigenvalue weighted by atomic mass is 10.1. The molecule has 7 nitrogen and oxygen atoms in total. The average Bonchev–Trinajstić information content (AvgIpc) is 3.68. The third-order valence-corrected chi connectivity index (χ3v) is 6.90. The minimum absolute atomic E-state index is 0.447. The summed E-state index contributed by atoms with van der Waals surface area (Å²) >= 11 is 0. The Bertz CT molecular complexity index is 1460. The number of rotatable bonds is 14. The van der Waals surface area contributed by atoms with Gasteiger partial charge in [0.1, 0.15) is 5.75 Å². The normalized spacial score (nSPS) is 11.2. The van der Waals surface area contributed by atoms with Crippen LogP contribution in [-0.4, -0.2) is 27.0 Å². The van der Waals surface area contributed by atoms with Crippen LogP contribution in [-0.2, 0) is 0 Å². The second-order valence-electron chi connectivity index (χ2n) is 10.1. The molecular formula is C33H36N4O3. The van der Waals surface area contributed by atoms with E-state index in [1.54, 1.807) is 0 Å². The van der Waals surface area contributed by atoms with Crippen LogP contribution in [0.15, 0.2) is 81.6 Å². The molecule has 0 fully saturated rings. The molecule has 40 heavy (non-hydrogen) atoms. The molecule has 2 aromatic heterocycles. The summed E-state index contributed by atoms with van der Waals surface area (Å²) in [5.41, 5.74) is 4.55. The zero-order valence-corrected chi connectivity index (χ0v) is 23.3. The number of unbranched alkanes of at least 4 members (excludes halogenated alkanes) is 7. The van der Waals surface area contributed by atoms with Gasteiger partial charge in [0, 0.05) is 22.3 Å². The average molecular weight is 537 g/mol. The largest absolute Gasteiger partial charge is 0.494 e. The van der Waals surface area contributed by atoms with Crippen LogP contribution in [0.2, 0.25) is 0 Å². The summed E-state index contributed by atoms with van der Waals surface area (Å²) in [5, 5.41) is 16.9. The number of ether oxygens (including phenoxy) is 1. The quantitative estimate of drug-likeness (QED) is 0.131. The van der Waals surface area contributed by atoms with E-state index in [9.17, 15) is 0 Å². The maximum atomic E-state index is 5.96. The third-order valence-electron chi connectivity index (χ3n) is 6.90. The fraction of sp³-hybridized carbons (Fsp3) is 0.333. The van der Waals surface area contributed by atoms with E-state index in [1.165, 1.54) is 50.5 Å². The monoisotopic (exact) mass is 536 g/mol. The molecule has 2 heterocycles. The molecule has 0 amide bonds. The third kappa shape index (κ3) is 7.23. The lowest BCUT2D eigenvalue weighted by molar-refractivity contribution is 0.304. The minimum Gasteiger partial charge on any atom is -0.494 e. The second-order valence-corrected chi connectivity index (χ2v) is 10.1. The van der Waals surface area contributed by atoms with Crippen molar-refractivity contribution in [2.75, 3.05) is 6.61 Å². The molecule has 0 unspecified atom stereocenters. The topological polar surface area (TPSA) is 87.1 Å². The van der Waals surface area contributed by atoms with Crippen molar-refractivity contribution in [1.29, 1.82) is 0 Å². The molecule has 0 spiro atoms. The molecule has 206 valence electrons. The van der Waals surface area contributed by atoms with Gasteiger partial charge in [-0.3, -0.25) is 0 Å². The highest BCUT2D eigenvalue weighted by molar-refractivity contribution is 5.64. The highest BCUT2D eigenvalue weighted by Gasteiger charge is 2.14. The summed E-state index contributed by atoms with van der Waals surface area (Å²) in [6, 6.07) is 23.4. The molecule has 0 aliphatic rings. The van der Waals surface area contributed by atoms with Gasteiger partial charge in [-0.2, -0.15) is 0 Å². The number of aromatic nitrogens is 4. The summed E-state index contributed by atoms with van der Waals surface area (Å²) in [4.78, 5) is 0. The van der Waals surface area contributed by atoms with Gasteiger partial charge in [-0.25, -0.2) is 0 Å². The van der Waals surface area contributed by atoms with Crippen LogP contribution in [0.5, 0.6) is 5.75 Å². The van der Waals surface area contributed by atoms with Crippen LogP contribution in [0.3, 0.4) is 0 Å². The molecule has 7 heteroatoms. The highest BCUT2D eigenvalue weighted by atomic mass is 16.5. The smallest absolute Gasteiger partial charge is 0.248 e. The van der Waals surface area contributed by atoms with Crippen molar-refractivity contribution in [2.24, 2.45) is 0 Å². The number of aryl methyl sites for hydroxylation is 1. The lowest BCUT2D eigenvalue weighted by Crippen LogP contribution is -1.97. The van der Waals surface area contributed by atoms with Gasteiger partial charge in [0.15, 0.2) is 0 Å². The fourth-order valence-corrected chi connectivity index (χ4v) is 4.48. The first-order chi connectivity index (χ1) is 19.7. The van der Waals surface area contributed by atoms with Gasteiger partial charge in [0.25, 0.3) is 0 Å². The Kier molecular flexibility index (Phi) is 9.35. The Morgan fingerprint density at radius 3 is 1.32 bits per heavy atom. The van der Waals surface area contributed by atoms with Crippen LogP contribution in [0.25, 0.3) is 45.8 Å². The molecule has 0 saturated heterocycles. The first-order valence-electron chi connectivity index (χ1n) is 14.3. The molecule has 0 aliphatic carbocycles. The van der Waals surface area contributed by atoms with Crippen molar-refractivity contribution in [3.8, 4) is 51.6 Å². The first kappa shape index (κ1) is 27.3. The van der Waals surface area contributed by atoms with Gasteiger partial charge < -0.3 is 13.6 Å². The van der Waals surface area contributed by atoms with E-state index in [4.69, 9.17) is 13.6 Å². The minimum atomic E-state index is 0.447. The summed E-state index contributed by atoms with van der Waals surface area (Å²) in [7, 11) is 0. The molecule has 0 radical (unpaired) electrons. The van der Waals surface area contributed by atoms with E-state index < -0.39 is 0 Å². The summed E-state index contributed by atoms with van der Waals surface area (Å²) < 4.78 is 17.8. The predicted octanol–water partition coefficient (Wildman–Crippen LogP) is 8.95. The van der Waals surface area contributed by atoms with Crippen molar-refractivity contribution in [1.82, 2.24) is 20.4 Å². The van der Waals surface area contributed by atoms with Gasteiger partial charge in [-0.1, -0.05) is 69.6 Å². The maximum Gasteiger partial charge on any atom is 0.248 e. The van der Waals surface area contributed by atoms with Crippen LogP contribution in [0, 0.1) is 6.92 Å². The summed E-state index contributed by atoms with van der Waals surface area (Å²) in [6.45, 7) is 5.04. The van der Waals surface area contributed by atoms with E-state index in [1.807, 2.05) is 79.7 Å². The van der Waals surface area contributed by atoms with Crippen LogP contribution in [0.4, 0.5) is 0 Å². The molecule has 5 rings (SSSR count). The second kappa shape index (κ2) is 13.7. The van der Waals surface area contributed by atoms with Gasteiger partial charge in [0.05, 0.1) is 6.61 Å². The van der Waals surface area contributed by atoms with E-state index in [2.05, 4.69) is 27.3 Å². The van der Waals surface area contributed by atoms with E-state index in [-0.39, 0.29) is 0 Å². The van der Waals surface area contributed by atoms with E-state index in [0.29, 0.717) is 23.6 Å². The van der Waals surface area contributed by atoms with Crippen molar-refractivity contribution >= 4 is 0 Å². The number of hydrogen-bond donors (Lipinski definition) is 0. The molecule has 0 atom stereocenters. The Hall–Kier alpha value is -4.26. The van der Waals surface area contributed by atoms with Crippen molar-refractivity contribution in [2.45, 2.75) is 65.2 Å². The Morgan fingerprint density at radius 1 is 0.500 bits per heavy atom. The molecule has 0 N–H and O–H groups in total. The van der Waals surface area contributed by atoms with Gasteiger partial charge in [-0.15, -0.1) is 20.4 Å². The summed E-state index contributed by atoms with van der Waals surface area (Å²) in [5.74, 6) is 2.72. The lowest BCUT2D eigenvalue weighted by Gasteiger charge is -2.06. The molecule has 5 aromatic rings. The number of hydrogen-bond acceptors (Lipinski definition) is 7. The van der Waals surface area contributed by atoms with Crippen molar-refractivity contribution < 1.29 is 13.6 Å². The van der Waals surface area contributed by atoms with Gasteiger partial charge in [0.2, 0.25) is 23.6 Å². The van der Waals surface area contributed by atoms with E-state index in [0.717, 1.165) is 41.0 Å². The molecule has 3 aromatic carbocycles. The molecular weight excluding hydrogens is 500 g/mol. The number of benzene rings is 3. The van der Waals surface area contributed by atoms with Crippen LogP contribution >= 0.6 is 0 Å². The molecule has 0 saturated carbocycles. The van der Waals surface area contributed by atoms with Crippen LogP contribution in [0.1, 0.15) is 63.9 Å². The Balaban J connectivity index is 1.12. The predicted molar refractivity (Wildman–Crippen MR) is 157 cm³/mol. The number of nitrogens with zero attached hydrogens (tertiary/aromatic N) is 4. The van der Waals surface area contributed by atoms with Gasteiger partial charge in [-0.05, 0) is 74.0 Å². The van der Waals surface area contributed by atoms with Crippen molar-refractivity contribution in [3.63, 3.8) is 0 Å². The molecule has 0 aliphatic heterocycles. The Labute approximate surface area is 235 Å². The zero-order valence-electron chi connectivity index (χ0n) is 23.3. The van der Waals surface area contributed by atoms with Gasteiger partial charge >= 0.3 is 0 Å². The highest BCUT2D eigenvalue weighted by Crippen LogP contribution is 2.29. The maximum absolute atomic E-state index is 5.96. The Morgan fingerprint density at radius 2 is 0.875 bits per heavy atom. The first-order valence-corrected chi connectivity index (χ1v) is 14.3.